The maximum Gasteiger partial charge on any atom is 0.333 e. The van der Waals surface area contributed by atoms with E-state index < -0.39 is 23.6 Å². The second-order valence-corrected chi connectivity index (χ2v) is 4.00. The number of hydrazine groups is 1. The van der Waals surface area contributed by atoms with Crippen LogP contribution in [0.2, 0.25) is 0 Å². The predicted molar refractivity (Wildman–Crippen MR) is 58.3 cm³/mol. The van der Waals surface area contributed by atoms with Crippen LogP contribution in [0.4, 0.5) is 13.6 Å². The smallest absolute Gasteiger partial charge is 0.333 e. The second kappa shape index (κ2) is 4.59. The van der Waals surface area contributed by atoms with E-state index in [1.54, 1.807) is 0 Å². The molecule has 1 fully saturated rings. The Morgan fingerprint density at radius 1 is 1.33 bits per heavy atom. The van der Waals surface area contributed by atoms with Gasteiger partial charge in [-0.25, -0.2) is 18.6 Å². The summed E-state index contributed by atoms with van der Waals surface area (Å²) in [6.07, 6.45) is 1.46. The van der Waals surface area contributed by atoms with Crippen molar-refractivity contribution < 1.29 is 18.4 Å². The molecule has 0 unspecified atom stereocenters. The van der Waals surface area contributed by atoms with E-state index in [0.717, 1.165) is 30.0 Å². The fourth-order valence-corrected chi connectivity index (χ4v) is 1.50. The van der Waals surface area contributed by atoms with Gasteiger partial charge in [-0.2, -0.15) is 0 Å². The van der Waals surface area contributed by atoms with E-state index in [4.69, 9.17) is 5.73 Å². The molecular formula is C11H11F2N3O2. The maximum atomic E-state index is 13.3. The van der Waals surface area contributed by atoms with Gasteiger partial charge in [-0.15, -0.1) is 0 Å². The van der Waals surface area contributed by atoms with Gasteiger partial charge in [0, 0.05) is 6.07 Å². The van der Waals surface area contributed by atoms with Gasteiger partial charge in [-0.3, -0.25) is 10.2 Å². The van der Waals surface area contributed by atoms with Gasteiger partial charge in [0.1, 0.15) is 11.6 Å². The number of urea groups is 1. The van der Waals surface area contributed by atoms with Gasteiger partial charge >= 0.3 is 6.03 Å². The molecule has 0 saturated heterocycles. The standard InChI is InChI=1S/C11H11F2N3O2/c12-6-1-4-8(9(13)5-6)10(17)15-16(11(14)18)7-2-3-7/h1,4-5,7H,2-3H2,(H2,14,18)(H,15,17). The number of rotatable bonds is 2. The molecule has 3 N–H and O–H groups in total. The van der Waals surface area contributed by atoms with Crippen LogP contribution in [-0.4, -0.2) is 23.0 Å². The lowest BCUT2D eigenvalue weighted by Crippen LogP contribution is -2.50. The molecule has 5 nitrogen and oxygen atoms in total. The van der Waals surface area contributed by atoms with Crippen LogP contribution >= 0.6 is 0 Å². The van der Waals surface area contributed by atoms with Crippen molar-refractivity contribution in [1.29, 1.82) is 0 Å². The normalized spacial score (nSPS) is 14.1. The SMILES string of the molecule is NC(=O)N(NC(=O)c1ccc(F)cc1F)C1CC1. The first-order valence-electron chi connectivity index (χ1n) is 5.33. The Morgan fingerprint density at radius 2 is 2.00 bits per heavy atom. The Hall–Kier alpha value is -2.18. The van der Waals surface area contributed by atoms with Crippen LogP contribution in [-0.2, 0) is 0 Å². The Kier molecular flexibility index (Phi) is 3.14. The van der Waals surface area contributed by atoms with Gasteiger partial charge in [0.2, 0.25) is 0 Å². The average Bonchev–Trinajstić information content (AvgIpc) is 3.08. The van der Waals surface area contributed by atoms with Crippen molar-refractivity contribution in [3.63, 3.8) is 0 Å². The van der Waals surface area contributed by atoms with Crippen LogP contribution in [0.1, 0.15) is 23.2 Å². The number of carbonyl (C=O) groups is 2. The highest BCUT2D eigenvalue weighted by Crippen LogP contribution is 2.25. The molecule has 0 bridgehead atoms. The summed E-state index contributed by atoms with van der Waals surface area (Å²) >= 11 is 0. The highest BCUT2D eigenvalue weighted by Gasteiger charge is 2.33. The molecule has 0 heterocycles. The second-order valence-electron chi connectivity index (χ2n) is 4.00. The molecule has 96 valence electrons. The number of nitrogens with two attached hydrogens (primary N) is 1. The molecule has 18 heavy (non-hydrogen) atoms. The zero-order valence-electron chi connectivity index (χ0n) is 9.32. The van der Waals surface area contributed by atoms with E-state index in [1.807, 2.05) is 0 Å². The molecule has 0 atom stereocenters. The van der Waals surface area contributed by atoms with Gasteiger partial charge < -0.3 is 5.73 Å². The molecule has 1 saturated carbocycles. The first kappa shape index (κ1) is 12.3. The van der Waals surface area contributed by atoms with Gasteiger partial charge in [0.05, 0.1) is 11.6 Å². The number of hydrogen-bond acceptors (Lipinski definition) is 2. The summed E-state index contributed by atoms with van der Waals surface area (Å²) in [5.41, 5.74) is 6.95. The largest absolute Gasteiger partial charge is 0.350 e. The van der Waals surface area contributed by atoms with Crippen molar-refractivity contribution in [1.82, 2.24) is 10.4 Å². The summed E-state index contributed by atoms with van der Waals surface area (Å²) in [4.78, 5) is 22.8. The summed E-state index contributed by atoms with van der Waals surface area (Å²) in [6, 6.07) is 1.61. The lowest BCUT2D eigenvalue weighted by atomic mass is 10.2. The molecular weight excluding hydrogens is 244 g/mol. The number of benzene rings is 1. The summed E-state index contributed by atoms with van der Waals surface area (Å²) < 4.78 is 26.0. The highest BCUT2D eigenvalue weighted by molar-refractivity contribution is 5.95. The maximum absolute atomic E-state index is 13.3. The Bertz CT molecular complexity index is 503. The molecule has 1 aliphatic carbocycles. The topological polar surface area (TPSA) is 75.4 Å². The van der Waals surface area contributed by atoms with E-state index in [0.29, 0.717) is 6.07 Å². The number of primary amides is 1. The van der Waals surface area contributed by atoms with Crippen LogP contribution in [0.25, 0.3) is 0 Å². The summed E-state index contributed by atoms with van der Waals surface area (Å²) in [6.45, 7) is 0. The quantitative estimate of drug-likeness (QED) is 0.778. The van der Waals surface area contributed by atoms with Gasteiger partial charge in [0.15, 0.2) is 0 Å². The third kappa shape index (κ3) is 2.55. The Balaban J connectivity index is 2.13. The lowest BCUT2D eigenvalue weighted by Gasteiger charge is -2.20. The fourth-order valence-electron chi connectivity index (χ4n) is 1.50. The molecule has 7 heteroatoms. The highest BCUT2D eigenvalue weighted by atomic mass is 19.1. The minimum absolute atomic E-state index is 0.144. The van der Waals surface area contributed by atoms with Gasteiger partial charge in [-0.05, 0) is 25.0 Å². The van der Waals surface area contributed by atoms with Crippen molar-refractivity contribution in [2.24, 2.45) is 5.73 Å². The Labute approximate surface area is 102 Å². The van der Waals surface area contributed by atoms with Crippen LogP contribution < -0.4 is 11.2 Å². The van der Waals surface area contributed by atoms with Crippen molar-refractivity contribution in [2.75, 3.05) is 0 Å². The van der Waals surface area contributed by atoms with Crippen molar-refractivity contribution >= 4 is 11.9 Å². The minimum Gasteiger partial charge on any atom is -0.350 e. The van der Waals surface area contributed by atoms with E-state index in [1.165, 1.54) is 0 Å². The number of carbonyl (C=O) groups excluding carboxylic acids is 2. The van der Waals surface area contributed by atoms with Crippen molar-refractivity contribution in [2.45, 2.75) is 18.9 Å². The molecule has 1 aromatic carbocycles. The van der Waals surface area contributed by atoms with Crippen LogP contribution in [0.3, 0.4) is 0 Å². The third-order valence-corrected chi connectivity index (χ3v) is 2.55. The molecule has 0 spiro atoms. The zero-order valence-corrected chi connectivity index (χ0v) is 9.32. The van der Waals surface area contributed by atoms with Gasteiger partial charge in [0.25, 0.3) is 5.91 Å². The number of nitrogens with zero attached hydrogens (tertiary/aromatic N) is 1. The molecule has 2 rings (SSSR count). The predicted octanol–water partition coefficient (Wildman–Crippen LogP) is 1.15. The lowest BCUT2D eigenvalue weighted by molar-refractivity contribution is 0.0820. The van der Waals surface area contributed by atoms with Crippen LogP contribution in [0.5, 0.6) is 0 Å². The molecule has 1 aliphatic rings. The first-order valence-corrected chi connectivity index (χ1v) is 5.33. The number of nitrogens with one attached hydrogen (secondary N) is 1. The summed E-state index contributed by atoms with van der Waals surface area (Å²) in [7, 11) is 0. The van der Waals surface area contributed by atoms with Crippen molar-refractivity contribution in [3.8, 4) is 0 Å². The monoisotopic (exact) mass is 255 g/mol. The van der Waals surface area contributed by atoms with Crippen LogP contribution in [0, 0.1) is 11.6 Å². The first-order chi connectivity index (χ1) is 8.49. The molecule has 0 aromatic heterocycles. The molecule has 0 aliphatic heterocycles. The minimum atomic E-state index is -0.993. The molecule has 1 aromatic rings. The van der Waals surface area contributed by atoms with Crippen LogP contribution in [0.15, 0.2) is 18.2 Å². The number of hydrogen-bond donors (Lipinski definition) is 2. The summed E-state index contributed by atoms with van der Waals surface area (Å²) in [5, 5.41) is 0.963. The number of halogens is 2. The van der Waals surface area contributed by atoms with E-state index in [-0.39, 0.29) is 11.6 Å². The average molecular weight is 255 g/mol. The van der Waals surface area contributed by atoms with E-state index in [9.17, 15) is 18.4 Å². The molecule has 0 radical (unpaired) electrons. The molecule has 3 amide bonds. The zero-order chi connectivity index (χ0) is 13.3. The third-order valence-electron chi connectivity index (χ3n) is 2.55. The van der Waals surface area contributed by atoms with E-state index >= 15 is 0 Å². The fraction of sp³-hybridized carbons (Fsp3) is 0.273. The van der Waals surface area contributed by atoms with E-state index in [2.05, 4.69) is 5.43 Å². The number of amides is 3. The summed E-state index contributed by atoms with van der Waals surface area (Å²) in [5.74, 6) is -2.61. The Morgan fingerprint density at radius 3 is 2.50 bits per heavy atom. The van der Waals surface area contributed by atoms with Crippen molar-refractivity contribution in [3.05, 3.63) is 35.4 Å². The van der Waals surface area contributed by atoms with Gasteiger partial charge in [-0.1, -0.05) is 0 Å².